The van der Waals surface area contributed by atoms with Crippen molar-refractivity contribution in [2.75, 3.05) is 0 Å². The van der Waals surface area contributed by atoms with Crippen LogP contribution >= 0.6 is 11.6 Å². The van der Waals surface area contributed by atoms with Crippen molar-refractivity contribution in [1.29, 1.82) is 0 Å². The first kappa shape index (κ1) is 10.9. The number of alkyl halides is 2. The third kappa shape index (κ3) is 2.42. The molecule has 0 aliphatic rings. The number of hydrogen-bond donors (Lipinski definition) is 0. The van der Waals surface area contributed by atoms with Crippen LogP contribution in [0.1, 0.15) is 15.9 Å². The minimum atomic E-state index is -2.95. The smallest absolute Gasteiger partial charge is 0.387 e. The first-order chi connectivity index (χ1) is 6.54. The summed E-state index contributed by atoms with van der Waals surface area (Å²) in [6.45, 7) is -1.30. The highest BCUT2D eigenvalue weighted by molar-refractivity contribution is 6.34. The quantitative estimate of drug-likeness (QED) is 0.732. The normalized spacial score (nSPS) is 10.4. The number of benzene rings is 1. The average molecular weight is 221 g/mol. The topological polar surface area (TPSA) is 26.3 Å². The van der Waals surface area contributed by atoms with E-state index in [0.29, 0.717) is 11.8 Å². The van der Waals surface area contributed by atoms with Gasteiger partial charge in [0.25, 0.3) is 0 Å². The molecule has 1 aromatic rings. The summed E-state index contributed by atoms with van der Waals surface area (Å²) in [5, 5.41) is -0.0918. The third-order valence-corrected chi connectivity index (χ3v) is 1.96. The van der Waals surface area contributed by atoms with E-state index in [2.05, 4.69) is 4.74 Å². The van der Waals surface area contributed by atoms with Gasteiger partial charge in [0.05, 0.1) is 5.02 Å². The highest BCUT2D eigenvalue weighted by Gasteiger charge is 2.12. The molecule has 1 rings (SSSR count). The minimum Gasteiger partial charge on any atom is -0.433 e. The lowest BCUT2D eigenvalue weighted by molar-refractivity contribution is -0.0498. The van der Waals surface area contributed by atoms with Gasteiger partial charge in [0.1, 0.15) is 5.75 Å². The molecule has 0 spiro atoms. The van der Waals surface area contributed by atoms with Crippen LogP contribution in [0.2, 0.25) is 5.02 Å². The SMILES string of the molecule is Cc1cc(C=O)c(Cl)c(OC(F)F)c1. The number of aryl methyl sites for hydroxylation is 1. The zero-order valence-corrected chi connectivity index (χ0v) is 8.02. The van der Waals surface area contributed by atoms with Crippen molar-refractivity contribution < 1.29 is 18.3 Å². The van der Waals surface area contributed by atoms with Crippen molar-refractivity contribution in [2.45, 2.75) is 13.5 Å². The van der Waals surface area contributed by atoms with Gasteiger partial charge in [0.15, 0.2) is 6.29 Å². The lowest BCUT2D eigenvalue weighted by atomic mass is 10.1. The summed E-state index contributed by atoms with van der Waals surface area (Å²) < 4.78 is 27.9. The maximum atomic E-state index is 11.9. The Morgan fingerprint density at radius 3 is 2.64 bits per heavy atom. The molecule has 76 valence electrons. The van der Waals surface area contributed by atoms with Gasteiger partial charge in [0, 0.05) is 5.56 Å². The fourth-order valence-electron chi connectivity index (χ4n) is 1.03. The molecule has 14 heavy (non-hydrogen) atoms. The van der Waals surface area contributed by atoms with Crippen LogP contribution in [0.25, 0.3) is 0 Å². The number of carbonyl (C=O) groups is 1. The Hall–Kier alpha value is -1.16. The molecule has 0 amide bonds. The molecule has 0 aliphatic heterocycles. The Labute approximate surface area is 84.4 Å². The summed E-state index contributed by atoms with van der Waals surface area (Å²) in [6.07, 6.45) is 0.494. The summed E-state index contributed by atoms with van der Waals surface area (Å²) in [7, 11) is 0. The Morgan fingerprint density at radius 2 is 2.14 bits per heavy atom. The van der Waals surface area contributed by atoms with Crippen LogP contribution in [0.5, 0.6) is 5.75 Å². The first-order valence-corrected chi connectivity index (χ1v) is 4.12. The molecule has 2 nitrogen and oxygen atoms in total. The van der Waals surface area contributed by atoms with Gasteiger partial charge in [-0.3, -0.25) is 4.79 Å². The number of hydrogen-bond acceptors (Lipinski definition) is 2. The molecule has 5 heteroatoms. The van der Waals surface area contributed by atoms with E-state index in [0.717, 1.165) is 0 Å². The molecular formula is C9H7ClF2O2. The molecule has 0 unspecified atom stereocenters. The molecule has 0 aromatic heterocycles. The zero-order valence-electron chi connectivity index (χ0n) is 7.26. The Morgan fingerprint density at radius 1 is 1.50 bits per heavy atom. The highest BCUT2D eigenvalue weighted by Crippen LogP contribution is 2.30. The maximum absolute atomic E-state index is 11.9. The van der Waals surface area contributed by atoms with Crippen molar-refractivity contribution in [3.05, 3.63) is 28.3 Å². The first-order valence-electron chi connectivity index (χ1n) is 3.74. The van der Waals surface area contributed by atoms with Gasteiger partial charge < -0.3 is 4.74 Å². The second kappa shape index (κ2) is 4.37. The molecule has 0 aliphatic carbocycles. The van der Waals surface area contributed by atoms with Crippen LogP contribution in [0.4, 0.5) is 8.78 Å². The Kier molecular flexibility index (Phi) is 3.41. The summed E-state index contributed by atoms with van der Waals surface area (Å²) >= 11 is 5.64. The number of rotatable bonds is 3. The van der Waals surface area contributed by atoms with Gasteiger partial charge in [-0.05, 0) is 24.6 Å². The number of halogens is 3. The fourth-order valence-corrected chi connectivity index (χ4v) is 1.23. The van der Waals surface area contributed by atoms with Crippen LogP contribution in [0.15, 0.2) is 12.1 Å². The highest BCUT2D eigenvalue weighted by atomic mass is 35.5. The average Bonchev–Trinajstić information content (AvgIpc) is 2.09. The minimum absolute atomic E-state index is 0.0918. The maximum Gasteiger partial charge on any atom is 0.387 e. The van der Waals surface area contributed by atoms with Crippen molar-refractivity contribution in [2.24, 2.45) is 0 Å². The van der Waals surface area contributed by atoms with Crippen LogP contribution in [0, 0.1) is 6.92 Å². The van der Waals surface area contributed by atoms with Gasteiger partial charge in [-0.2, -0.15) is 8.78 Å². The third-order valence-electron chi connectivity index (χ3n) is 1.55. The predicted octanol–water partition coefficient (Wildman–Crippen LogP) is 3.06. The van der Waals surface area contributed by atoms with E-state index in [1.807, 2.05) is 0 Å². The number of carbonyl (C=O) groups excluding carboxylic acids is 1. The number of ether oxygens (including phenoxy) is 1. The Bertz CT molecular complexity index is 353. The molecule has 0 saturated heterocycles. The van der Waals surface area contributed by atoms with E-state index in [-0.39, 0.29) is 16.3 Å². The number of aldehydes is 1. The Balaban J connectivity index is 3.15. The predicted molar refractivity (Wildman–Crippen MR) is 48.2 cm³/mol. The molecule has 0 saturated carbocycles. The van der Waals surface area contributed by atoms with Crippen LogP contribution in [-0.2, 0) is 0 Å². The van der Waals surface area contributed by atoms with Crippen LogP contribution in [0.3, 0.4) is 0 Å². The van der Waals surface area contributed by atoms with Crippen molar-refractivity contribution in [3.63, 3.8) is 0 Å². The molecule has 0 N–H and O–H groups in total. The molecule has 0 heterocycles. The van der Waals surface area contributed by atoms with E-state index in [1.165, 1.54) is 12.1 Å². The lowest BCUT2D eigenvalue weighted by Gasteiger charge is -2.08. The van der Waals surface area contributed by atoms with E-state index in [9.17, 15) is 13.6 Å². The van der Waals surface area contributed by atoms with E-state index >= 15 is 0 Å². The standard InChI is InChI=1S/C9H7ClF2O2/c1-5-2-6(4-13)8(10)7(3-5)14-9(11)12/h2-4,9H,1H3. The fraction of sp³-hybridized carbons (Fsp3) is 0.222. The van der Waals surface area contributed by atoms with Gasteiger partial charge in [-0.1, -0.05) is 11.6 Å². The molecule has 0 bridgehead atoms. The van der Waals surface area contributed by atoms with Crippen molar-refractivity contribution in [3.8, 4) is 5.75 Å². The van der Waals surface area contributed by atoms with E-state index < -0.39 is 6.61 Å². The molecule has 0 radical (unpaired) electrons. The van der Waals surface area contributed by atoms with Gasteiger partial charge in [-0.15, -0.1) is 0 Å². The van der Waals surface area contributed by atoms with E-state index in [4.69, 9.17) is 11.6 Å². The summed E-state index contributed by atoms with van der Waals surface area (Å²) in [6, 6.07) is 2.84. The summed E-state index contributed by atoms with van der Waals surface area (Å²) in [5.41, 5.74) is 0.773. The largest absolute Gasteiger partial charge is 0.433 e. The summed E-state index contributed by atoms with van der Waals surface area (Å²) in [5.74, 6) is -0.177. The molecule has 0 atom stereocenters. The van der Waals surface area contributed by atoms with Gasteiger partial charge in [-0.25, -0.2) is 0 Å². The zero-order chi connectivity index (χ0) is 10.7. The molecule has 0 fully saturated rings. The van der Waals surface area contributed by atoms with Crippen LogP contribution in [-0.4, -0.2) is 12.9 Å². The van der Waals surface area contributed by atoms with Gasteiger partial charge >= 0.3 is 6.61 Å². The van der Waals surface area contributed by atoms with Crippen molar-refractivity contribution >= 4 is 17.9 Å². The second-order valence-electron chi connectivity index (χ2n) is 2.66. The molecular weight excluding hydrogens is 214 g/mol. The van der Waals surface area contributed by atoms with Crippen LogP contribution < -0.4 is 4.74 Å². The lowest BCUT2D eigenvalue weighted by Crippen LogP contribution is -2.03. The molecule has 1 aromatic carbocycles. The van der Waals surface area contributed by atoms with Crippen molar-refractivity contribution in [1.82, 2.24) is 0 Å². The second-order valence-corrected chi connectivity index (χ2v) is 3.04. The monoisotopic (exact) mass is 220 g/mol. The van der Waals surface area contributed by atoms with E-state index in [1.54, 1.807) is 6.92 Å². The van der Waals surface area contributed by atoms with Gasteiger partial charge in [0.2, 0.25) is 0 Å². The summed E-state index contributed by atoms with van der Waals surface area (Å²) in [4.78, 5) is 10.5.